The van der Waals surface area contributed by atoms with Gasteiger partial charge in [-0.15, -0.1) is 0 Å². The third kappa shape index (κ3) is 4.36. The summed E-state index contributed by atoms with van der Waals surface area (Å²) < 4.78 is 5.04. The summed E-state index contributed by atoms with van der Waals surface area (Å²) in [6.07, 6.45) is 1.41. The minimum Gasteiger partial charge on any atom is -0.459 e. The van der Waals surface area contributed by atoms with Crippen molar-refractivity contribution in [1.29, 1.82) is 0 Å². The smallest absolute Gasteiger partial charge is 0.287 e. The third-order valence-electron chi connectivity index (χ3n) is 3.42. The molecule has 0 bridgehead atoms. The molecule has 1 heterocycles. The van der Waals surface area contributed by atoms with Crippen molar-refractivity contribution in [3.63, 3.8) is 0 Å². The van der Waals surface area contributed by atoms with Gasteiger partial charge in [-0.05, 0) is 42.7 Å². The molecule has 1 unspecified atom stereocenters. The average molecular weight is 335 g/mol. The number of carbonyl (C=O) groups excluding carboxylic acids is 2. The van der Waals surface area contributed by atoms with Gasteiger partial charge in [0.05, 0.1) is 6.26 Å². The second-order valence-electron chi connectivity index (χ2n) is 5.63. The first-order chi connectivity index (χ1) is 10.9. The molecule has 0 saturated heterocycles. The van der Waals surface area contributed by atoms with Gasteiger partial charge < -0.3 is 15.1 Å². The standard InChI is InChI=1S/C17H19ClN2O3/c1-10(2)15(20-16(21)14-5-4-8-23-14)17(22)19-12-7-6-11(3)13(18)9-12/h4-10,15H,1-3H3,(H,19,22)(H,20,21). The van der Waals surface area contributed by atoms with Crippen LogP contribution in [0.3, 0.4) is 0 Å². The lowest BCUT2D eigenvalue weighted by atomic mass is 10.0. The Bertz CT molecular complexity index is 696. The van der Waals surface area contributed by atoms with E-state index in [9.17, 15) is 9.59 Å². The molecule has 1 aromatic carbocycles. The Hall–Kier alpha value is -2.27. The number of carbonyl (C=O) groups is 2. The molecule has 6 heteroatoms. The van der Waals surface area contributed by atoms with Crippen LogP contribution in [-0.2, 0) is 4.79 Å². The summed E-state index contributed by atoms with van der Waals surface area (Å²) in [4.78, 5) is 24.5. The lowest BCUT2D eigenvalue weighted by Gasteiger charge is -2.21. The second-order valence-corrected chi connectivity index (χ2v) is 6.03. The lowest BCUT2D eigenvalue weighted by Crippen LogP contribution is -2.47. The van der Waals surface area contributed by atoms with Crippen LogP contribution in [-0.4, -0.2) is 17.9 Å². The van der Waals surface area contributed by atoms with E-state index < -0.39 is 11.9 Å². The van der Waals surface area contributed by atoms with Gasteiger partial charge in [0.25, 0.3) is 5.91 Å². The minimum atomic E-state index is -0.687. The van der Waals surface area contributed by atoms with Gasteiger partial charge in [-0.1, -0.05) is 31.5 Å². The van der Waals surface area contributed by atoms with Crippen LogP contribution in [0.15, 0.2) is 41.0 Å². The number of halogens is 1. The van der Waals surface area contributed by atoms with Gasteiger partial charge in [-0.25, -0.2) is 0 Å². The molecule has 2 amide bonds. The maximum atomic E-state index is 12.5. The van der Waals surface area contributed by atoms with Gasteiger partial charge in [0.1, 0.15) is 6.04 Å². The summed E-state index contributed by atoms with van der Waals surface area (Å²) in [7, 11) is 0. The van der Waals surface area contributed by atoms with Gasteiger partial charge in [-0.3, -0.25) is 9.59 Å². The largest absolute Gasteiger partial charge is 0.459 e. The number of benzene rings is 1. The second kappa shape index (κ2) is 7.33. The van der Waals surface area contributed by atoms with Crippen molar-refractivity contribution < 1.29 is 14.0 Å². The van der Waals surface area contributed by atoms with Crippen LogP contribution in [0, 0.1) is 12.8 Å². The van der Waals surface area contributed by atoms with Gasteiger partial charge in [-0.2, -0.15) is 0 Å². The van der Waals surface area contributed by atoms with Gasteiger partial charge in [0, 0.05) is 10.7 Å². The highest BCUT2D eigenvalue weighted by atomic mass is 35.5. The first-order valence-corrected chi connectivity index (χ1v) is 7.67. The molecule has 0 aliphatic heterocycles. The Balaban J connectivity index is 2.09. The molecule has 23 heavy (non-hydrogen) atoms. The van der Waals surface area contributed by atoms with Crippen LogP contribution >= 0.6 is 11.6 Å². The van der Waals surface area contributed by atoms with E-state index in [1.165, 1.54) is 6.26 Å². The van der Waals surface area contributed by atoms with Crippen LogP contribution in [0.4, 0.5) is 5.69 Å². The molecule has 0 aliphatic carbocycles. The molecule has 0 saturated carbocycles. The Morgan fingerprint density at radius 2 is 1.96 bits per heavy atom. The first kappa shape index (κ1) is 17.1. The molecule has 0 radical (unpaired) electrons. The number of rotatable bonds is 5. The minimum absolute atomic E-state index is 0.0881. The summed E-state index contributed by atoms with van der Waals surface area (Å²) in [5, 5.41) is 6.03. The van der Waals surface area contributed by atoms with Crippen LogP contribution in [0.2, 0.25) is 5.02 Å². The number of aryl methyl sites for hydroxylation is 1. The van der Waals surface area contributed by atoms with Crippen molar-refractivity contribution >= 4 is 29.1 Å². The SMILES string of the molecule is Cc1ccc(NC(=O)C(NC(=O)c2ccco2)C(C)C)cc1Cl. The predicted molar refractivity (Wildman–Crippen MR) is 89.6 cm³/mol. The lowest BCUT2D eigenvalue weighted by molar-refractivity contribution is -0.118. The van der Waals surface area contributed by atoms with Crippen molar-refractivity contribution in [2.75, 3.05) is 5.32 Å². The summed E-state index contributed by atoms with van der Waals surface area (Å²) in [5.41, 5.74) is 1.51. The topological polar surface area (TPSA) is 71.3 Å². The maximum Gasteiger partial charge on any atom is 0.287 e. The Kier molecular flexibility index (Phi) is 5.45. The highest BCUT2D eigenvalue weighted by Gasteiger charge is 2.25. The fourth-order valence-electron chi connectivity index (χ4n) is 2.05. The zero-order valence-corrected chi connectivity index (χ0v) is 14.0. The van der Waals surface area contributed by atoms with E-state index in [4.69, 9.17) is 16.0 Å². The third-order valence-corrected chi connectivity index (χ3v) is 3.83. The number of amides is 2. The van der Waals surface area contributed by atoms with E-state index in [2.05, 4.69) is 10.6 Å². The molecule has 2 aromatic rings. The van der Waals surface area contributed by atoms with Crippen LogP contribution in [0.25, 0.3) is 0 Å². The molecule has 2 N–H and O–H groups in total. The zero-order chi connectivity index (χ0) is 17.0. The van der Waals surface area contributed by atoms with E-state index in [1.54, 1.807) is 24.3 Å². The molecule has 0 aliphatic rings. The maximum absolute atomic E-state index is 12.5. The molecule has 5 nitrogen and oxygen atoms in total. The van der Waals surface area contributed by atoms with Gasteiger partial charge in [0.2, 0.25) is 5.91 Å². The van der Waals surface area contributed by atoms with Gasteiger partial charge >= 0.3 is 0 Å². The Labute approximate surface area is 140 Å². The molecule has 0 spiro atoms. The van der Waals surface area contributed by atoms with E-state index in [1.807, 2.05) is 26.8 Å². The van der Waals surface area contributed by atoms with Crippen LogP contribution < -0.4 is 10.6 Å². The Morgan fingerprint density at radius 3 is 2.52 bits per heavy atom. The fraction of sp³-hybridized carbons (Fsp3) is 0.294. The summed E-state index contributed by atoms with van der Waals surface area (Å²) in [5.74, 6) is -0.651. The summed E-state index contributed by atoms with van der Waals surface area (Å²) >= 11 is 6.06. The normalized spacial score (nSPS) is 12.0. The first-order valence-electron chi connectivity index (χ1n) is 7.30. The van der Waals surface area contributed by atoms with E-state index in [0.29, 0.717) is 10.7 Å². The van der Waals surface area contributed by atoms with Gasteiger partial charge in [0.15, 0.2) is 5.76 Å². The molecule has 1 aromatic heterocycles. The number of furan rings is 1. The zero-order valence-electron chi connectivity index (χ0n) is 13.2. The Morgan fingerprint density at radius 1 is 1.22 bits per heavy atom. The van der Waals surface area contributed by atoms with Crippen LogP contribution in [0.1, 0.15) is 30.0 Å². The highest BCUT2D eigenvalue weighted by Crippen LogP contribution is 2.20. The molecular formula is C17H19ClN2O3. The van der Waals surface area contributed by atoms with E-state index in [0.717, 1.165) is 5.56 Å². The van der Waals surface area contributed by atoms with Crippen LogP contribution in [0.5, 0.6) is 0 Å². The molecule has 0 fully saturated rings. The molecular weight excluding hydrogens is 316 g/mol. The fourth-order valence-corrected chi connectivity index (χ4v) is 2.23. The number of hydrogen-bond donors (Lipinski definition) is 2. The number of anilines is 1. The summed E-state index contributed by atoms with van der Waals surface area (Å²) in [6.45, 7) is 5.60. The summed E-state index contributed by atoms with van der Waals surface area (Å²) in [6, 6.07) is 7.75. The molecule has 2 rings (SSSR count). The monoisotopic (exact) mass is 334 g/mol. The van der Waals surface area contributed by atoms with Crippen molar-refractivity contribution in [2.45, 2.75) is 26.8 Å². The number of hydrogen-bond acceptors (Lipinski definition) is 3. The van der Waals surface area contributed by atoms with Crippen molar-refractivity contribution in [1.82, 2.24) is 5.32 Å². The van der Waals surface area contributed by atoms with E-state index >= 15 is 0 Å². The van der Waals surface area contributed by atoms with Crippen molar-refractivity contribution in [3.05, 3.63) is 52.9 Å². The highest BCUT2D eigenvalue weighted by molar-refractivity contribution is 6.31. The quantitative estimate of drug-likeness (QED) is 0.877. The number of nitrogens with one attached hydrogen (secondary N) is 2. The molecule has 122 valence electrons. The average Bonchev–Trinajstić information content (AvgIpc) is 3.02. The van der Waals surface area contributed by atoms with Crippen molar-refractivity contribution in [3.8, 4) is 0 Å². The van der Waals surface area contributed by atoms with Crippen molar-refractivity contribution in [2.24, 2.45) is 5.92 Å². The van der Waals surface area contributed by atoms with E-state index in [-0.39, 0.29) is 17.6 Å². The predicted octanol–water partition coefficient (Wildman–Crippen LogP) is 3.63. The molecule has 1 atom stereocenters.